The van der Waals surface area contributed by atoms with E-state index in [1.54, 1.807) is 17.5 Å². The molecule has 2 heterocycles. The minimum atomic E-state index is 0.0237. The molecule has 0 aliphatic rings. The molecular weight excluding hydrogens is 366 g/mol. The van der Waals surface area contributed by atoms with Crippen LogP contribution in [0.15, 0.2) is 42.6 Å². The lowest BCUT2D eigenvalue weighted by atomic mass is 10.1. The molecule has 0 aliphatic heterocycles. The van der Waals surface area contributed by atoms with E-state index in [2.05, 4.69) is 55.3 Å². The monoisotopic (exact) mass is 393 g/mol. The second-order valence-corrected chi connectivity index (χ2v) is 8.03. The largest absolute Gasteiger partial charge is 0.311 e. The summed E-state index contributed by atoms with van der Waals surface area (Å²) in [4.78, 5) is 22.5. The number of hydrogen-bond donors (Lipinski definition) is 1. The number of hydrogen-bond acceptors (Lipinski definition) is 4. The standard InChI is InChI=1S/C23H27N3OS/c1-4-6-7-11-20(27)25-19-15-18(12-13-24-19)23-22(26-21(5-2)28-23)17-10-8-9-16(3)14-17/h8-10,12-15H,4-7,11H2,1-3H3,(H,24,25,27). The second-order valence-electron chi connectivity index (χ2n) is 6.94. The summed E-state index contributed by atoms with van der Waals surface area (Å²) >= 11 is 1.71. The van der Waals surface area contributed by atoms with Crippen LogP contribution in [0.25, 0.3) is 21.7 Å². The van der Waals surface area contributed by atoms with Crippen LogP contribution in [-0.2, 0) is 11.2 Å². The molecule has 1 N–H and O–H groups in total. The molecule has 0 saturated carbocycles. The fourth-order valence-corrected chi connectivity index (χ4v) is 4.10. The Morgan fingerprint density at radius 3 is 2.71 bits per heavy atom. The molecule has 0 aliphatic carbocycles. The number of anilines is 1. The van der Waals surface area contributed by atoms with Crippen LogP contribution in [0.2, 0.25) is 0 Å². The molecule has 0 saturated heterocycles. The van der Waals surface area contributed by atoms with Gasteiger partial charge in [0.1, 0.15) is 5.82 Å². The third-order valence-electron chi connectivity index (χ3n) is 4.56. The Kier molecular flexibility index (Phi) is 6.93. The van der Waals surface area contributed by atoms with E-state index in [0.29, 0.717) is 12.2 Å². The average molecular weight is 394 g/mol. The lowest BCUT2D eigenvalue weighted by Gasteiger charge is -2.07. The summed E-state index contributed by atoms with van der Waals surface area (Å²) in [5, 5.41) is 4.04. The number of thiazole rings is 1. The van der Waals surface area contributed by atoms with E-state index in [0.717, 1.165) is 52.4 Å². The molecule has 0 radical (unpaired) electrons. The molecule has 4 nitrogen and oxygen atoms in total. The van der Waals surface area contributed by atoms with Gasteiger partial charge >= 0.3 is 0 Å². The molecular formula is C23H27N3OS. The summed E-state index contributed by atoms with van der Waals surface area (Å²) in [5.41, 5.74) is 4.36. The first-order valence-corrected chi connectivity index (χ1v) is 10.7. The Labute approximate surface area is 171 Å². The first kappa shape index (κ1) is 20.2. The van der Waals surface area contributed by atoms with Crippen molar-refractivity contribution in [2.75, 3.05) is 5.32 Å². The van der Waals surface area contributed by atoms with Gasteiger partial charge in [-0.3, -0.25) is 4.79 Å². The van der Waals surface area contributed by atoms with Crippen molar-refractivity contribution in [3.8, 4) is 21.7 Å². The van der Waals surface area contributed by atoms with Crippen LogP contribution in [-0.4, -0.2) is 15.9 Å². The number of benzene rings is 1. The van der Waals surface area contributed by atoms with Crippen LogP contribution in [0.4, 0.5) is 5.82 Å². The van der Waals surface area contributed by atoms with E-state index >= 15 is 0 Å². The number of carbonyl (C=O) groups excluding carboxylic acids is 1. The van der Waals surface area contributed by atoms with E-state index in [4.69, 9.17) is 4.98 Å². The number of carbonyl (C=O) groups is 1. The van der Waals surface area contributed by atoms with Gasteiger partial charge in [0.2, 0.25) is 5.91 Å². The van der Waals surface area contributed by atoms with E-state index in [-0.39, 0.29) is 5.91 Å². The highest BCUT2D eigenvalue weighted by Gasteiger charge is 2.15. The molecule has 3 aromatic rings. The summed E-state index contributed by atoms with van der Waals surface area (Å²) in [6.07, 6.45) is 6.27. The van der Waals surface area contributed by atoms with Crippen molar-refractivity contribution in [3.63, 3.8) is 0 Å². The third-order valence-corrected chi connectivity index (χ3v) is 5.81. The number of amides is 1. The maximum absolute atomic E-state index is 12.2. The van der Waals surface area contributed by atoms with Crippen molar-refractivity contribution >= 4 is 23.1 Å². The maximum atomic E-state index is 12.2. The topological polar surface area (TPSA) is 54.9 Å². The molecule has 5 heteroatoms. The van der Waals surface area contributed by atoms with Crippen LogP contribution in [0.1, 0.15) is 50.1 Å². The normalized spacial score (nSPS) is 10.8. The first-order valence-electron chi connectivity index (χ1n) is 9.93. The number of nitrogens with zero attached hydrogens (tertiary/aromatic N) is 2. The molecule has 2 aromatic heterocycles. The molecule has 3 rings (SSSR count). The Morgan fingerprint density at radius 2 is 1.96 bits per heavy atom. The van der Waals surface area contributed by atoms with Crippen LogP contribution >= 0.6 is 11.3 Å². The molecule has 1 amide bonds. The number of aryl methyl sites for hydroxylation is 2. The van der Waals surface area contributed by atoms with Gasteiger partial charge in [0.25, 0.3) is 0 Å². The molecule has 0 spiro atoms. The predicted molar refractivity (Wildman–Crippen MR) is 118 cm³/mol. The molecule has 0 fully saturated rings. The summed E-state index contributed by atoms with van der Waals surface area (Å²) < 4.78 is 0. The van der Waals surface area contributed by atoms with Crippen molar-refractivity contribution in [1.29, 1.82) is 0 Å². The fourth-order valence-electron chi connectivity index (χ4n) is 3.08. The Morgan fingerprint density at radius 1 is 1.11 bits per heavy atom. The number of pyridine rings is 1. The van der Waals surface area contributed by atoms with Gasteiger partial charge in [0, 0.05) is 18.2 Å². The minimum absolute atomic E-state index is 0.0237. The molecule has 0 atom stereocenters. The molecule has 0 unspecified atom stereocenters. The smallest absolute Gasteiger partial charge is 0.225 e. The van der Waals surface area contributed by atoms with Crippen molar-refractivity contribution in [3.05, 3.63) is 53.2 Å². The molecule has 1 aromatic carbocycles. The van der Waals surface area contributed by atoms with Crippen LogP contribution in [0.3, 0.4) is 0 Å². The highest BCUT2D eigenvalue weighted by Crippen LogP contribution is 2.37. The number of unbranched alkanes of at least 4 members (excludes halogenated alkanes) is 2. The predicted octanol–water partition coefficient (Wildman–Crippen LogP) is 6.26. The summed E-state index contributed by atoms with van der Waals surface area (Å²) in [5.74, 6) is 0.621. The van der Waals surface area contributed by atoms with Gasteiger partial charge in [-0.2, -0.15) is 0 Å². The van der Waals surface area contributed by atoms with Gasteiger partial charge < -0.3 is 5.32 Å². The second kappa shape index (κ2) is 9.60. The fraction of sp³-hybridized carbons (Fsp3) is 0.348. The summed E-state index contributed by atoms with van der Waals surface area (Å²) in [6.45, 7) is 6.35. The van der Waals surface area contributed by atoms with Gasteiger partial charge in [-0.25, -0.2) is 9.97 Å². The lowest BCUT2D eigenvalue weighted by Crippen LogP contribution is -2.12. The SMILES string of the molecule is CCCCCC(=O)Nc1cc(-c2sc(CC)nc2-c2cccc(C)c2)ccn1. The summed E-state index contributed by atoms with van der Waals surface area (Å²) in [7, 11) is 0. The van der Waals surface area contributed by atoms with Crippen LogP contribution in [0, 0.1) is 6.92 Å². The quantitative estimate of drug-likeness (QED) is 0.459. The number of nitrogens with one attached hydrogen (secondary N) is 1. The minimum Gasteiger partial charge on any atom is -0.311 e. The van der Waals surface area contributed by atoms with Gasteiger partial charge in [0.05, 0.1) is 15.6 Å². The van der Waals surface area contributed by atoms with Gasteiger partial charge in [-0.1, -0.05) is 50.5 Å². The van der Waals surface area contributed by atoms with Gasteiger partial charge in [-0.15, -0.1) is 11.3 Å². The Hall–Kier alpha value is -2.53. The summed E-state index contributed by atoms with van der Waals surface area (Å²) in [6, 6.07) is 12.4. The van der Waals surface area contributed by atoms with Crippen molar-refractivity contribution < 1.29 is 4.79 Å². The zero-order valence-electron chi connectivity index (χ0n) is 16.8. The molecule has 0 bridgehead atoms. The van der Waals surface area contributed by atoms with E-state index in [1.165, 1.54) is 5.56 Å². The maximum Gasteiger partial charge on any atom is 0.225 e. The number of aromatic nitrogens is 2. The van der Waals surface area contributed by atoms with E-state index < -0.39 is 0 Å². The zero-order valence-corrected chi connectivity index (χ0v) is 17.6. The first-order chi connectivity index (χ1) is 13.6. The van der Waals surface area contributed by atoms with E-state index in [1.807, 2.05) is 12.1 Å². The van der Waals surface area contributed by atoms with Crippen molar-refractivity contribution in [2.45, 2.75) is 52.9 Å². The van der Waals surface area contributed by atoms with Crippen LogP contribution < -0.4 is 5.32 Å². The van der Waals surface area contributed by atoms with Gasteiger partial charge in [0.15, 0.2) is 0 Å². The van der Waals surface area contributed by atoms with E-state index in [9.17, 15) is 4.79 Å². The van der Waals surface area contributed by atoms with Crippen molar-refractivity contribution in [2.24, 2.45) is 0 Å². The lowest BCUT2D eigenvalue weighted by molar-refractivity contribution is -0.116. The van der Waals surface area contributed by atoms with Crippen LogP contribution in [0.5, 0.6) is 0 Å². The average Bonchev–Trinajstić information content (AvgIpc) is 3.13. The molecule has 28 heavy (non-hydrogen) atoms. The Bertz CT molecular complexity index is 949. The zero-order chi connectivity index (χ0) is 19.9. The Balaban J connectivity index is 1.89. The number of rotatable bonds is 8. The van der Waals surface area contributed by atoms with Crippen molar-refractivity contribution in [1.82, 2.24) is 9.97 Å². The highest BCUT2D eigenvalue weighted by atomic mass is 32.1. The molecule has 146 valence electrons. The van der Waals surface area contributed by atoms with Gasteiger partial charge in [-0.05, 0) is 43.5 Å². The highest BCUT2D eigenvalue weighted by molar-refractivity contribution is 7.15. The third kappa shape index (κ3) is 5.04.